The third kappa shape index (κ3) is 3.79. The van der Waals surface area contributed by atoms with Crippen molar-refractivity contribution in [3.63, 3.8) is 0 Å². The van der Waals surface area contributed by atoms with Crippen molar-refractivity contribution in [2.75, 3.05) is 13.2 Å². The summed E-state index contributed by atoms with van der Waals surface area (Å²) < 4.78 is 23.4. The lowest BCUT2D eigenvalue weighted by Crippen LogP contribution is -2.34. The van der Waals surface area contributed by atoms with Crippen molar-refractivity contribution in [1.82, 2.24) is 5.32 Å². The van der Waals surface area contributed by atoms with Gasteiger partial charge in [0.1, 0.15) is 10.7 Å². The summed E-state index contributed by atoms with van der Waals surface area (Å²) in [5, 5.41) is 2.20. The molecular formula is C14H12FNO5S. The Morgan fingerprint density at radius 1 is 1.27 bits per heavy atom. The number of nitrogens with one attached hydrogen (secondary N) is 1. The topological polar surface area (TPSA) is 81.7 Å². The molecule has 1 aromatic carbocycles. The van der Waals surface area contributed by atoms with Gasteiger partial charge >= 0.3 is 12.1 Å². The van der Waals surface area contributed by atoms with Crippen LogP contribution in [0.2, 0.25) is 0 Å². The molecule has 116 valence electrons. The van der Waals surface area contributed by atoms with Crippen LogP contribution in [0.5, 0.6) is 0 Å². The Kier molecular flexibility index (Phi) is 5.05. The van der Waals surface area contributed by atoms with Crippen molar-refractivity contribution in [3.05, 3.63) is 35.0 Å². The Bertz CT molecular complexity index is 727. The van der Waals surface area contributed by atoms with Gasteiger partial charge in [0.15, 0.2) is 6.61 Å². The Hall–Kier alpha value is -2.48. The van der Waals surface area contributed by atoms with Gasteiger partial charge in [-0.2, -0.15) is 0 Å². The fourth-order valence-electron chi connectivity index (χ4n) is 1.65. The maximum atomic E-state index is 13.5. The predicted molar refractivity (Wildman–Crippen MR) is 77.2 cm³/mol. The molecule has 0 radical (unpaired) electrons. The van der Waals surface area contributed by atoms with Crippen LogP contribution in [0.25, 0.3) is 10.1 Å². The molecule has 1 heterocycles. The molecule has 0 atom stereocenters. The second kappa shape index (κ2) is 6.99. The third-order valence-corrected chi connectivity index (χ3v) is 3.64. The van der Waals surface area contributed by atoms with E-state index in [-0.39, 0.29) is 11.5 Å². The van der Waals surface area contributed by atoms with Crippen LogP contribution in [0.15, 0.2) is 24.3 Å². The molecule has 2 amide bonds. The highest BCUT2D eigenvalue weighted by Crippen LogP contribution is 2.27. The molecule has 1 aromatic heterocycles. The Morgan fingerprint density at radius 2 is 2.05 bits per heavy atom. The number of thiophene rings is 1. The lowest BCUT2D eigenvalue weighted by atomic mass is 10.2. The SMILES string of the molecule is CCOC(=O)NC(=O)COC(=O)c1cc2c(F)cccc2s1. The highest BCUT2D eigenvalue weighted by molar-refractivity contribution is 7.20. The molecule has 0 bridgehead atoms. The molecule has 2 rings (SSSR count). The number of benzene rings is 1. The summed E-state index contributed by atoms with van der Waals surface area (Å²) >= 11 is 1.06. The van der Waals surface area contributed by atoms with Crippen LogP contribution in [0.1, 0.15) is 16.6 Å². The van der Waals surface area contributed by atoms with Crippen LogP contribution in [-0.2, 0) is 14.3 Å². The lowest BCUT2D eigenvalue weighted by Gasteiger charge is -2.04. The minimum absolute atomic E-state index is 0.117. The van der Waals surface area contributed by atoms with Gasteiger partial charge in [-0.3, -0.25) is 10.1 Å². The van der Waals surface area contributed by atoms with Gasteiger partial charge in [-0.1, -0.05) is 6.07 Å². The number of halogens is 1. The lowest BCUT2D eigenvalue weighted by molar-refractivity contribution is -0.123. The van der Waals surface area contributed by atoms with E-state index in [4.69, 9.17) is 4.74 Å². The summed E-state index contributed by atoms with van der Waals surface area (Å²) in [5.74, 6) is -2.01. The molecule has 1 N–H and O–H groups in total. The van der Waals surface area contributed by atoms with Crippen LogP contribution >= 0.6 is 11.3 Å². The first-order valence-corrected chi connectivity index (χ1v) is 7.14. The number of imide groups is 1. The van der Waals surface area contributed by atoms with Gasteiger partial charge in [-0.15, -0.1) is 11.3 Å². The van der Waals surface area contributed by atoms with E-state index < -0.39 is 30.4 Å². The normalized spacial score (nSPS) is 10.3. The maximum Gasteiger partial charge on any atom is 0.413 e. The zero-order chi connectivity index (χ0) is 16.1. The summed E-state index contributed by atoms with van der Waals surface area (Å²) in [6.45, 7) is 1.07. The van der Waals surface area contributed by atoms with Crippen LogP contribution in [0, 0.1) is 5.82 Å². The monoisotopic (exact) mass is 325 g/mol. The fraction of sp³-hybridized carbons (Fsp3) is 0.214. The van der Waals surface area contributed by atoms with Crippen LogP contribution < -0.4 is 5.32 Å². The quantitative estimate of drug-likeness (QED) is 0.873. The van der Waals surface area contributed by atoms with Crippen molar-refractivity contribution >= 4 is 39.4 Å². The van der Waals surface area contributed by atoms with Gasteiger partial charge in [-0.05, 0) is 25.1 Å². The van der Waals surface area contributed by atoms with Gasteiger partial charge in [0.25, 0.3) is 5.91 Å². The van der Waals surface area contributed by atoms with Crippen molar-refractivity contribution in [1.29, 1.82) is 0 Å². The molecule has 22 heavy (non-hydrogen) atoms. The number of alkyl carbamates (subject to hydrolysis) is 1. The van der Waals surface area contributed by atoms with E-state index >= 15 is 0 Å². The average Bonchev–Trinajstić information content (AvgIpc) is 2.90. The first-order chi connectivity index (χ1) is 10.5. The number of fused-ring (bicyclic) bond motifs is 1. The van der Waals surface area contributed by atoms with Gasteiger partial charge in [-0.25, -0.2) is 14.0 Å². The van der Waals surface area contributed by atoms with E-state index in [9.17, 15) is 18.8 Å². The van der Waals surface area contributed by atoms with E-state index in [1.165, 1.54) is 18.2 Å². The minimum atomic E-state index is -0.910. The molecule has 0 saturated carbocycles. The van der Waals surface area contributed by atoms with E-state index in [1.54, 1.807) is 13.0 Å². The van der Waals surface area contributed by atoms with Crippen LogP contribution in [0.3, 0.4) is 0 Å². The largest absolute Gasteiger partial charge is 0.451 e. The van der Waals surface area contributed by atoms with Crippen molar-refractivity contribution in [2.45, 2.75) is 6.92 Å². The van der Waals surface area contributed by atoms with Gasteiger partial charge in [0.05, 0.1) is 6.61 Å². The number of hydrogen-bond acceptors (Lipinski definition) is 6. The standard InChI is InChI=1S/C14H12FNO5S/c1-2-20-14(19)16-12(17)7-21-13(18)11-6-8-9(15)4-3-5-10(8)22-11/h3-6H,2,7H2,1H3,(H,16,17,19). The van der Waals surface area contributed by atoms with Gasteiger partial charge in [0.2, 0.25) is 0 Å². The molecule has 0 aliphatic carbocycles. The van der Waals surface area contributed by atoms with Crippen LogP contribution in [-0.4, -0.2) is 31.2 Å². The number of rotatable bonds is 4. The second-order valence-electron chi connectivity index (χ2n) is 4.11. The molecule has 2 aromatic rings. The van der Waals surface area contributed by atoms with Gasteiger partial charge < -0.3 is 9.47 Å². The molecule has 6 nitrogen and oxygen atoms in total. The Balaban J connectivity index is 1.95. The minimum Gasteiger partial charge on any atom is -0.451 e. The third-order valence-electron chi connectivity index (χ3n) is 2.56. The summed E-state index contributed by atoms with van der Waals surface area (Å²) in [4.78, 5) is 34.3. The number of esters is 1. The summed E-state index contributed by atoms with van der Waals surface area (Å²) in [6.07, 6.45) is -0.910. The first kappa shape index (κ1) is 15.9. The second-order valence-corrected chi connectivity index (χ2v) is 5.19. The number of ether oxygens (including phenoxy) is 2. The highest BCUT2D eigenvalue weighted by atomic mass is 32.1. The van der Waals surface area contributed by atoms with E-state index in [1.807, 2.05) is 5.32 Å². The number of amides is 2. The summed E-state index contributed by atoms with van der Waals surface area (Å²) in [5.41, 5.74) is 0. The number of carbonyl (C=O) groups excluding carboxylic acids is 3. The van der Waals surface area contributed by atoms with Crippen LogP contribution in [0.4, 0.5) is 9.18 Å². The molecule has 0 aliphatic heterocycles. The zero-order valence-corrected chi connectivity index (χ0v) is 12.4. The average molecular weight is 325 g/mol. The molecule has 0 fully saturated rings. The summed E-state index contributed by atoms with van der Waals surface area (Å²) in [6, 6.07) is 5.86. The fourth-order valence-corrected chi connectivity index (χ4v) is 2.61. The maximum absolute atomic E-state index is 13.5. The van der Waals surface area contributed by atoms with E-state index in [0.717, 1.165) is 11.3 Å². The number of hydrogen-bond donors (Lipinski definition) is 1. The van der Waals surface area contributed by atoms with Crippen molar-refractivity contribution in [2.24, 2.45) is 0 Å². The Labute approximate surface area is 128 Å². The van der Waals surface area contributed by atoms with Gasteiger partial charge in [0, 0.05) is 10.1 Å². The Morgan fingerprint density at radius 3 is 2.73 bits per heavy atom. The van der Waals surface area contributed by atoms with Crippen molar-refractivity contribution in [3.8, 4) is 0 Å². The van der Waals surface area contributed by atoms with E-state index in [2.05, 4.69) is 4.74 Å². The first-order valence-electron chi connectivity index (χ1n) is 6.33. The molecule has 0 saturated heterocycles. The zero-order valence-electron chi connectivity index (χ0n) is 11.6. The van der Waals surface area contributed by atoms with Crippen molar-refractivity contribution < 1.29 is 28.2 Å². The smallest absolute Gasteiger partial charge is 0.413 e. The highest BCUT2D eigenvalue weighted by Gasteiger charge is 2.16. The molecule has 0 aliphatic rings. The molecule has 0 unspecified atom stereocenters. The summed E-state index contributed by atoms with van der Waals surface area (Å²) in [7, 11) is 0. The van der Waals surface area contributed by atoms with E-state index in [0.29, 0.717) is 10.1 Å². The molecular weight excluding hydrogens is 313 g/mol. The predicted octanol–water partition coefficient (Wildman–Crippen LogP) is 2.47. The number of carbonyl (C=O) groups is 3. The molecule has 8 heteroatoms. The molecule has 0 spiro atoms.